The van der Waals surface area contributed by atoms with Crippen molar-refractivity contribution in [3.63, 3.8) is 0 Å². The standard InChI is InChI=1S/C12H18N2/c13-11-6-4-5-9-14(10-11)12-7-2-1-3-8-12/h1-3,7-8,11H,4-6,9-10,13H2. The summed E-state index contributed by atoms with van der Waals surface area (Å²) in [5, 5.41) is 0. The lowest BCUT2D eigenvalue weighted by Crippen LogP contribution is -2.35. The maximum Gasteiger partial charge on any atom is 0.0366 e. The number of para-hydroxylation sites is 1. The summed E-state index contributed by atoms with van der Waals surface area (Å²) in [7, 11) is 0. The molecule has 1 atom stereocenters. The largest absolute Gasteiger partial charge is 0.370 e. The summed E-state index contributed by atoms with van der Waals surface area (Å²) >= 11 is 0. The van der Waals surface area contributed by atoms with E-state index in [1.165, 1.54) is 24.9 Å². The molecule has 1 saturated heterocycles. The van der Waals surface area contributed by atoms with E-state index in [1.54, 1.807) is 0 Å². The Morgan fingerprint density at radius 2 is 1.93 bits per heavy atom. The molecular weight excluding hydrogens is 172 g/mol. The van der Waals surface area contributed by atoms with Gasteiger partial charge in [0.1, 0.15) is 0 Å². The molecule has 1 unspecified atom stereocenters. The van der Waals surface area contributed by atoms with Gasteiger partial charge in [-0.05, 0) is 25.0 Å². The lowest BCUT2D eigenvalue weighted by Gasteiger charge is -2.24. The van der Waals surface area contributed by atoms with Crippen LogP contribution in [0.3, 0.4) is 0 Å². The zero-order valence-corrected chi connectivity index (χ0v) is 8.52. The maximum atomic E-state index is 6.02. The van der Waals surface area contributed by atoms with Crippen LogP contribution >= 0.6 is 0 Å². The minimum atomic E-state index is 0.345. The molecule has 1 aliphatic heterocycles. The highest BCUT2D eigenvalue weighted by Crippen LogP contribution is 2.18. The van der Waals surface area contributed by atoms with Crippen molar-refractivity contribution in [2.24, 2.45) is 5.73 Å². The predicted molar refractivity (Wildman–Crippen MR) is 60.5 cm³/mol. The molecule has 1 fully saturated rings. The van der Waals surface area contributed by atoms with Crippen molar-refractivity contribution in [2.45, 2.75) is 25.3 Å². The molecule has 1 aromatic rings. The SMILES string of the molecule is NC1CCCCN(c2ccccc2)C1. The highest BCUT2D eigenvalue weighted by Gasteiger charge is 2.14. The first-order chi connectivity index (χ1) is 6.86. The molecule has 0 aromatic heterocycles. The molecule has 0 radical (unpaired) electrons. The fraction of sp³-hybridized carbons (Fsp3) is 0.500. The first-order valence-electron chi connectivity index (χ1n) is 5.42. The van der Waals surface area contributed by atoms with Crippen LogP contribution in [0.4, 0.5) is 5.69 Å². The molecule has 0 aliphatic carbocycles. The third kappa shape index (κ3) is 2.26. The third-order valence-corrected chi connectivity index (χ3v) is 2.83. The zero-order chi connectivity index (χ0) is 9.80. The molecule has 14 heavy (non-hydrogen) atoms. The number of nitrogens with zero attached hydrogens (tertiary/aromatic N) is 1. The van der Waals surface area contributed by atoms with Crippen molar-refractivity contribution in [1.82, 2.24) is 0 Å². The van der Waals surface area contributed by atoms with Crippen LogP contribution in [0.5, 0.6) is 0 Å². The number of anilines is 1. The Bertz CT molecular complexity index is 271. The second-order valence-corrected chi connectivity index (χ2v) is 4.04. The molecule has 0 spiro atoms. The van der Waals surface area contributed by atoms with E-state index in [9.17, 15) is 0 Å². The molecule has 0 amide bonds. The van der Waals surface area contributed by atoms with Gasteiger partial charge in [-0.15, -0.1) is 0 Å². The van der Waals surface area contributed by atoms with E-state index in [2.05, 4.69) is 35.2 Å². The van der Waals surface area contributed by atoms with Gasteiger partial charge in [0.25, 0.3) is 0 Å². The average molecular weight is 190 g/mol. The van der Waals surface area contributed by atoms with Gasteiger partial charge in [-0.25, -0.2) is 0 Å². The Labute approximate surface area is 85.7 Å². The smallest absolute Gasteiger partial charge is 0.0366 e. The molecule has 0 saturated carbocycles. The molecule has 2 heteroatoms. The van der Waals surface area contributed by atoms with Crippen LogP contribution < -0.4 is 10.6 Å². The normalized spacial score (nSPS) is 23.2. The Balaban J connectivity index is 2.09. The number of benzene rings is 1. The van der Waals surface area contributed by atoms with Crippen LogP contribution in [-0.4, -0.2) is 19.1 Å². The van der Waals surface area contributed by atoms with Crippen LogP contribution in [0.25, 0.3) is 0 Å². The molecule has 1 aliphatic rings. The minimum absolute atomic E-state index is 0.345. The number of hydrogen-bond acceptors (Lipinski definition) is 2. The molecule has 76 valence electrons. The predicted octanol–water partition coefficient (Wildman–Crippen LogP) is 2.00. The van der Waals surface area contributed by atoms with Crippen molar-refractivity contribution in [3.8, 4) is 0 Å². The molecule has 1 aromatic carbocycles. The van der Waals surface area contributed by atoms with Crippen molar-refractivity contribution in [3.05, 3.63) is 30.3 Å². The topological polar surface area (TPSA) is 29.3 Å². The van der Waals surface area contributed by atoms with E-state index in [1.807, 2.05) is 0 Å². The second kappa shape index (κ2) is 4.47. The van der Waals surface area contributed by atoms with E-state index < -0.39 is 0 Å². The van der Waals surface area contributed by atoms with E-state index in [-0.39, 0.29) is 0 Å². The monoisotopic (exact) mass is 190 g/mol. The molecule has 2 N–H and O–H groups in total. The summed E-state index contributed by atoms with van der Waals surface area (Å²) in [6.45, 7) is 2.15. The number of nitrogens with two attached hydrogens (primary N) is 1. The maximum absolute atomic E-state index is 6.02. The summed E-state index contributed by atoms with van der Waals surface area (Å²) in [5.41, 5.74) is 7.33. The van der Waals surface area contributed by atoms with Gasteiger partial charge in [0.05, 0.1) is 0 Å². The minimum Gasteiger partial charge on any atom is -0.370 e. The van der Waals surface area contributed by atoms with Crippen molar-refractivity contribution < 1.29 is 0 Å². The van der Waals surface area contributed by atoms with Crippen LogP contribution in [0.2, 0.25) is 0 Å². The van der Waals surface area contributed by atoms with Gasteiger partial charge in [0.15, 0.2) is 0 Å². The quantitative estimate of drug-likeness (QED) is 0.734. The van der Waals surface area contributed by atoms with Gasteiger partial charge in [0.2, 0.25) is 0 Å². The van der Waals surface area contributed by atoms with Gasteiger partial charge in [-0.3, -0.25) is 0 Å². The lowest BCUT2D eigenvalue weighted by atomic mass is 10.1. The molecular formula is C12H18N2. The van der Waals surface area contributed by atoms with E-state index in [4.69, 9.17) is 5.73 Å². The molecule has 2 rings (SSSR count). The number of rotatable bonds is 1. The van der Waals surface area contributed by atoms with Gasteiger partial charge in [0, 0.05) is 24.8 Å². The molecule has 2 nitrogen and oxygen atoms in total. The Morgan fingerprint density at radius 1 is 1.14 bits per heavy atom. The van der Waals surface area contributed by atoms with Gasteiger partial charge in [-0.1, -0.05) is 24.6 Å². The van der Waals surface area contributed by atoms with Gasteiger partial charge in [-0.2, -0.15) is 0 Å². The first-order valence-corrected chi connectivity index (χ1v) is 5.42. The first kappa shape index (κ1) is 9.53. The Morgan fingerprint density at radius 3 is 2.71 bits per heavy atom. The summed E-state index contributed by atoms with van der Waals surface area (Å²) < 4.78 is 0. The molecule has 1 heterocycles. The summed E-state index contributed by atoms with van der Waals surface area (Å²) in [6, 6.07) is 10.9. The van der Waals surface area contributed by atoms with E-state index >= 15 is 0 Å². The lowest BCUT2D eigenvalue weighted by molar-refractivity contribution is 0.621. The number of hydrogen-bond donors (Lipinski definition) is 1. The fourth-order valence-electron chi connectivity index (χ4n) is 2.05. The summed E-state index contributed by atoms with van der Waals surface area (Å²) in [6.07, 6.45) is 3.70. The van der Waals surface area contributed by atoms with Crippen molar-refractivity contribution in [1.29, 1.82) is 0 Å². The highest BCUT2D eigenvalue weighted by molar-refractivity contribution is 5.46. The van der Waals surface area contributed by atoms with Crippen LogP contribution in [-0.2, 0) is 0 Å². The second-order valence-electron chi connectivity index (χ2n) is 4.04. The summed E-state index contributed by atoms with van der Waals surface area (Å²) in [4.78, 5) is 2.40. The van der Waals surface area contributed by atoms with E-state index in [0.717, 1.165) is 13.1 Å². The highest BCUT2D eigenvalue weighted by atomic mass is 15.1. The van der Waals surface area contributed by atoms with Crippen molar-refractivity contribution >= 4 is 5.69 Å². The zero-order valence-electron chi connectivity index (χ0n) is 8.52. The van der Waals surface area contributed by atoms with Crippen LogP contribution in [0.1, 0.15) is 19.3 Å². The molecule has 0 bridgehead atoms. The average Bonchev–Trinajstić information content (AvgIpc) is 2.44. The Hall–Kier alpha value is -1.02. The fourth-order valence-corrected chi connectivity index (χ4v) is 2.05. The Kier molecular flexibility index (Phi) is 3.04. The van der Waals surface area contributed by atoms with Gasteiger partial charge >= 0.3 is 0 Å². The summed E-state index contributed by atoms with van der Waals surface area (Å²) in [5.74, 6) is 0. The van der Waals surface area contributed by atoms with Crippen LogP contribution in [0.15, 0.2) is 30.3 Å². The van der Waals surface area contributed by atoms with Crippen molar-refractivity contribution in [2.75, 3.05) is 18.0 Å². The van der Waals surface area contributed by atoms with Crippen LogP contribution in [0, 0.1) is 0 Å². The van der Waals surface area contributed by atoms with E-state index in [0.29, 0.717) is 6.04 Å². The third-order valence-electron chi connectivity index (χ3n) is 2.83. The van der Waals surface area contributed by atoms with Gasteiger partial charge < -0.3 is 10.6 Å².